The van der Waals surface area contributed by atoms with E-state index in [4.69, 9.17) is 4.74 Å². The second kappa shape index (κ2) is 8.47. The minimum absolute atomic E-state index is 0.649. The van der Waals surface area contributed by atoms with Crippen LogP contribution in [0.1, 0.15) is 36.4 Å². The lowest BCUT2D eigenvalue weighted by Crippen LogP contribution is -2.25. The molecule has 2 heterocycles. The minimum atomic E-state index is 0.649. The lowest BCUT2D eigenvalue weighted by atomic mass is 10.1. The number of thiophene rings is 1. The van der Waals surface area contributed by atoms with Crippen molar-refractivity contribution in [1.29, 1.82) is 0 Å². The molecule has 22 heavy (non-hydrogen) atoms. The first-order valence-corrected chi connectivity index (χ1v) is 9.25. The van der Waals surface area contributed by atoms with Crippen LogP contribution < -0.4 is 0 Å². The van der Waals surface area contributed by atoms with Gasteiger partial charge in [0.05, 0.1) is 6.61 Å². The number of benzene rings is 1. The Morgan fingerprint density at radius 1 is 1.14 bits per heavy atom. The molecular formula is C19H25NOS. The van der Waals surface area contributed by atoms with Crippen LogP contribution in [0.15, 0.2) is 47.2 Å². The maximum atomic E-state index is 5.80. The number of likely N-dealkylation sites (tertiary alicyclic amines) is 1. The average Bonchev–Trinajstić information content (AvgIpc) is 3.22. The number of nitrogens with zero attached hydrogens (tertiary/aromatic N) is 1. The highest BCUT2D eigenvalue weighted by molar-refractivity contribution is 7.07. The van der Waals surface area contributed by atoms with E-state index in [1.54, 1.807) is 0 Å². The summed E-state index contributed by atoms with van der Waals surface area (Å²) >= 11 is 1.81. The van der Waals surface area contributed by atoms with Crippen molar-refractivity contribution in [3.05, 3.63) is 58.3 Å². The monoisotopic (exact) mass is 315 g/mol. The highest BCUT2D eigenvalue weighted by Crippen LogP contribution is 2.32. The fourth-order valence-electron chi connectivity index (χ4n) is 3.24. The third kappa shape index (κ3) is 4.42. The van der Waals surface area contributed by atoms with Crippen LogP contribution in [0.2, 0.25) is 0 Å². The Hall–Kier alpha value is -1.16. The second-order valence-corrected chi connectivity index (χ2v) is 6.73. The normalized spacial score (nSPS) is 18.8. The van der Waals surface area contributed by atoms with Gasteiger partial charge in [-0.3, -0.25) is 4.90 Å². The lowest BCUT2D eigenvalue weighted by Gasteiger charge is -2.23. The van der Waals surface area contributed by atoms with Crippen LogP contribution in [0, 0.1) is 0 Å². The summed E-state index contributed by atoms with van der Waals surface area (Å²) < 4.78 is 5.80. The number of hydrogen-bond donors (Lipinski definition) is 0. The number of rotatable bonds is 8. The Bertz CT molecular complexity index is 526. The molecule has 2 aromatic rings. The number of ether oxygens (including phenoxy) is 1. The first kappa shape index (κ1) is 15.7. The summed E-state index contributed by atoms with van der Waals surface area (Å²) in [5, 5.41) is 4.50. The summed E-state index contributed by atoms with van der Waals surface area (Å²) in [5.74, 6) is 0. The van der Waals surface area contributed by atoms with Gasteiger partial charge in [0, 0.05) is 19.2 Å². The van der Waals surface area contributed by atoms with Crippen molar-refractivity contribution in [3.8, 4) is 0 Å². The van der Waals surface area contributed by atoms with Crippen LogP contribution in [-0.4, -0.2) is 31.2 Å². The average molecular weight is 315 g/mol. The zero-order chi connectivity index (χ0) is 15.0. The molecule has 0 aliphatic carbocycles. The largest absolute Gasteiger partial charge is 0.381 e. The van der Waals surface area contributed by atoms with Crippen LogP contribution in [0.25, 0.3) is 0 Å². The Balaban J connectivity index is 1.31. The molecule has 1 aromatic heterocycles. The molecule has 1 atom stereocenters. The summed E-state index contributed by atoms with van der Waals surface area (Å²) in [5.41, 5.74) is 2.87. The summed E-state index contributed by atoms with van der Waals surface area (Å²) in [4.78, 5) is 2.63. The Morgan fingerprint density at radius 2 is 2.05 bits per heavy atom. The van der Waals surface area contributed by atoms with E-state index in [0.717, 1.165) is 32.6 Å². The molecule has 1 fully saturated rings. The molecule has 118 valence electrons. The third-order valence-corrected chi connectivity index (χ3v) is 5.10. The van der Waals surface area contributed by atoms with Gasteiger partial charge in [-0.15, -0.1) is 0 Å². The van der Waals surface area contributed by atoms with E-state index in [-0.39, 0.29) is 0 Å². The molecule has 0 bridgehead atoms. The highest BCUT2D eigenvalue weighted by atomic mass is 32.1. The van der Waals surface area contributed by atoms with Gasteiger partial charge in [-0.2, -0.15) is 11.3 Å². The Morgan fingerprint density at radius 3 is 2.86 bits per heavy atom. The molecule has 3 heteroatoms. The van der Waals surface area contributed by atoms with E-state index in [1.807, 2.05) is 11.3 Å². The summed E-state index contributed by atoms with van der Waals surface area (Å²) in [7, 11) is 0. The van der Waals surface area contributed by atoms with E-state index >= 15 is 0 Å². The van der Waals surface area contributed by atoms with Crippen LogP contribution in [0.4, 0.5) is 0 Å². The smallest absolute Gasteiger partial charge is 0.0506 e. The van der Waals surface area contributed by atoms with Crippen molar-refractivity contribution < 1.29 is 4.74 Å². The van der Waals surface area contributed by atoms with E-state index < -0.39 is 0 Å². The van der Waals surface area contributed by atoms with E-state index in [0.29, 0.717) is 6.04 Å². The minimum Gasteiger partial charge on any atom is -0.381 e. The van der Waals surface area contributed by atoms with Crippen molar-refractivity contribution in [2.75, 3.05) is 26.3 Å². The van der Waals surface area contributed by atoms with Crippen molar-refractivity contribution in [3.63, 3.8) is 0 Å². The molecule has 0 N–H and O–H groups in total. The first-order chi connectivity index (χ1) is 10.9. The van der Waals surface area contributed by atoms with E-state index in [2.05, 4.69) is 52.1 Å². The van der Waals surface area contributed by atoms with Crippen LogP contribution in [-0.2, 0) is 11.2 Å². The predicted octanol–water partition coefficient (Wildman–Crippen LogP) is 4.53. The van der Waals surface area contributed by atoms with E-state index in [1.165, 1.54) is 30.5 Å². The number of hydrogen-bond acceptors (Lipinski definition) is 3. The molecule has 1 aliphatic heterocycles. The van der Waals surface area contributed by atoms with Gasteiger partial charge in [0.25, 0.3) is 0 Å². The van der Waals surface area contributed by atoms with Crippen molar-refractivity contribution in [2.45, 2.75) is 31.7 Å². The van der Waals surface area contributed by atoms with Gasteiger partial charge < -0.3 is 4.74 Å². The van der Waals surface area contributed by atoms with Crippen LogP contribution in [0.5, 0.6) is 0 Å². The molecule has 0 saturated carbocycles. The molecular weight excluding hydrogens is 290 g/mol. The summed E-state index contributed by atoms with van der Waals surface area (Å²) in [6.07, 6.45) is 4.79. The standard InChI is InChI=1S/C19H25NOS/c1-2-6-17(7-3-1)9-14-21-13-5-12-20-11-4-8-19(20)18-10-15-22-16-18/h1-3,6-7,10,15-16,19H,4-5,8-9,11-14H2/t19-/m1/s1. The quantitative estimate of drug-likeness (QED) is 0.663. The molecule has 0 spiro atoms. The van der Waals surface area contributed by atoms with Crippen LogP contribution in [0.3, 0.4) is 0 Å². The highest BCUT2D eigenvalue weighted by Gasteiger charge is 2.25. The fraction of sp³-hybridized carbons (Fsp3) is 0.474. The van der Waals surface area contributed by atoms with Crippen molar-refractivity contribution in [2.24, 2.45) is 0 Å². The molecule has 1 aliphatic rings. The van der Waals surface area contributed by atoms with E-state index in [9.17, 15) is 0 Å². The Kier molecular flexibility index (Phi) is 6.05. The Labute approximate surface area is 137 Å². The molecule has 0 unspecified atom stereocenters. The molecule has 3 rings (SSSR count). The predicted molar refractivity (Wildman–Crippen MR) is 93.4 cm³/mol. The van der Waals surface area contributed by atoms with Crippen molar-refractivity contribution in [1.82, 2.24) is 4.90 Å². The van der Waals surface area contributed by atoms with Gasteiger partial charge in [-0.05, 0) is 60.2 Å². The molecule has 0 amide bonds. The molecule has 1 aromatic carbocycles. The fourth-order valence-corrected chi connectivity index (χ4v) is 3.95. The van der Waals surface area contributed by atoms with Gasteiger partial charge in [0.15, 0.2) is 0 Å². The second-order valence-electron chi connectivity index (χ2n) is 5.95. The lowest BCUT2D eigenvalue weighted by molar-refractivity contribution is 0.121. The zero-order valence-electron chi connectivity index (χ0n) is 13.1. The summed E-state index contributed by atoms with van der Waals surface area (Å²) in [6, 6.07) is 13.5. The maximum absolute atomic E-state index is 5.80. The topological polar surface area (TPSA) is 12.5 Å². The molecule has 0 radical (unpaired) electrons. The summed E-state index contributed by atoms with van der Waals surface area (Å²) in [6.45, 7) is 4.11. The first-order valence-electron chi connectivity index (χ1n) is 8.31. The van der Waals surface area contributed by atoms with Gasteiger partial charge in [-0.25, -0.2) is 0 Å². The molecule has 1 saturated heterocycles. The van der Waals surface area contributed by atoms with Gasteiger partial charge in [0.2, 0.25) is 0 Å². The van der Waals surface area contributed by atoms with Gasteiger partial charge in [0.1, 0.15) is 0 Å². The van der Waals surface area contributed by atoms with Gasteiger partial charge in [-0.1, -0.05) is 30.3 Å². The van der Waals surface area contributed by atoms with Gasteiger partial charge >= 0.3 is 0 Å². The molecule has 2 nitrogen and oxygen atoms in total. The third-order valence-electron chi connectivity index (χ3n) is 4.40. The SMILES string of the molecule is c1ccc(CCOCCCN2CCC[C@@H]2c2ccsc2)cc1. The zero-order valence-corrected chi connectivity index (χ0v) is 13.9. The van der Waals surface area contributed by atoms with Crippen LogP contribution >= 0.6 is 11.3 Å². The van der Waals surface area contributed by atoms with Crippen molar-refractivity contribution >= 4 is 11.3 Å². The maximum Gasteiger partial charge on any atom is 0.0506 e.